The van der Waals surface area contributed by atoms with Gasteiger partial charge in [0.1, 0.15) is 13.2 Å². The molecule has 0 amide bonds. The molecule has 0 aliphatic carbocycles. The third-order valence-corrected chi connectivity index (χ3v) is 13.1. The normalized spacial score (nSPS) is 13.4. The van der Waals surface area contributed by atoms with Crippen LogP contribution >= 0.6 is 0 Å². The molecule has 0 heterocycles. The van der Waals surface area contributed by atoms with Gasteiger partial charge in [0, 0.05) is 19.3 Å². The van der Waals surface area contributed by atoms with Gasteiger partial charge in [0.05, 0.1) is 0 Å². The lowest BCUT2D eigenvalue weighted by molar-refractivity contribution is -0.167. The van der Waals surface area contributed by atoms with Crippen LogP contribution in [0.5, 0.6) is 0 Å². The third kappa shape index (κ3) is 66.9. The fourth-order valence-electron chi connectivity index (χ4n) is 8.25. The minimum Gasteiger partial charge on any atom is -0.462 e. The molecule has 0 spiro atoms. The van der Waals surface area contributed by atoms with E-state index in [2.05, 4.69) is 215 Å². The number of carbonyl (C=O) groups excluding carboxylic acids is 3. The SMILES string of the molecule is CC/C=C\C/C=C\C/C=C\C/C=C\C/C=C\C/C=C\C/C=C\C/C=C\C/C=C\CCCCCCCC(=O)OCC(COC(=O)CCCCCCCCCCC)OC(=O)CCC/C=C\C/C=C\C/C=C\C/C=C\C/C=C\C/C=C\C/C=C\CC. The predicted molar refractivity (Wildman–Crippen MR) is 361 cm³/mol. The average Bonchev–Trinajstić information content (AvgIpc) is 3.49. The Kier molecular flexibility index (Phi) is 64.0. The molecule has 83 heavy (non-hydrogen) atoms. The monoisotopic (exact) mass is 1140 g/mol. The Morgan fingerprint density at radius 1 is 0.253 bits per heavy atom. The summed E-state index contributed by atoms with van der Waals surface area (Å²) >= 11 is 0. The first kappa shape index (κ1) is 77.2. The highest BCUT2D eigenvalue weighted by atomic mass is 16.6. The molecule has 6 heteroatoms. The maximum absolute atomic E-state index is 12.9. The van der Waals surface area contributed by atoms with Crippen molar-refractivity contribution >= 4 is 17.9 Å². The molecule has 0 bridgehead atoms. The first-order chi connectivity index (χ1) is 41.0. The zero-order chi connectivity index (χ0) is 59.9. The van der Waals surface area contributed by atoms with E-state index in [1.807, 2.05) is 0 Å². The van der Waals surface area contributed by atoms with Crippen molar-refractivity contribution in [1.29, 1.82) is 0 Å². The highest BCUT2D eigenvalue weighted by Gasteiger charge is 2.19. The Morgan fingerprint density at radius 2 is 0.482 bits per heavy atom. The summed E-state index contributed by atoms with van der Waals surface area (Å²) in [5.41, 5.74) is 0. The Morgan fingerprint density at radius 3 is 0.771 bits per heavy atom. The molecule has 0 radical (unpaired) electrons. The third-order valence-electron chi connectivity index (χ3n) is 13.1. The lowest BCUT2D eigenvalue weighted by atomic mass is 10.1. The number of ether oxygens (including phenoxy) is 3. The predicted octanol–water partition coefficient (Wildman–Crippen LogP) is 23.0. The zero-order valence-electron chi connectivity index (χ0n) is 52.9. The summed E-state index contributed by atoms with van der Waals surface area (Å²) in [4.78, 5) is 38.2. The van der Waals surface area contributed by atoms with E-state index in [4.69, 9.17) is 14.2 Å². The quantitative estimate of drug-likeness (QED) is 0.0261. The molecule has 0 aromatic rings. The molecule has 6 nitrogen and oxygen atoms in total. The van der Waals surface area contributed by atoms with Crippen LogP contribution in [-0.2, 0) is 28.6 Å². The van der Waals surface area contributed by atoms with Crippen molar-refractivity contribution in [2.75, 3.05) is 13.2 Å². The van der Waals surface area contributed by atoms with Crippen molar-refractivity contribution < 1.29 is 28.6 Å². The van der Waals surface area contributed by atoms with Crippen LogP contribution in [-0.4, -0.2) is 37.2 Å². The molecule has 0 aromatic carbocycles. The summed E-state index contributed by atoms with van der Waals surface area (Å²) in [5.74, 6) is -1.01. The molecule has 0 saturated carbocycles. The van der Waals surface area contributed by atoms with Gasteiger partial charge in [-0.15, -0.1) is 0 Å². The second-order valence-electron chi connectivity index (χ2n) is 20.9. The van der Waals surface area contributed by atoms with Gasteiger partial charge in [-0.25, -0.2) is 0 Å². The summed E-state index contributed by atoms with van der Waals surface area (Å²) in [5, 5.41) is 0. The average molecular weight is 1140 g/mol. The van der Waals surface area contributed by atoms with Crippen molar-refractivity contribution in [1.82, 2.24) is 0 Å². The van der Waals surface area contributed by atoms with Crippen LogP contribution in [0.2, 0.25) is 0 Å². The smallest absolute Gasteiger partial charge is 0.306 e. The fraction of sp³-hybridized carbons (Fsp3) is 0.545. The molecule has 1 atom stereocenters. The lowest BCUT2D eigenvalue weighted by Gasteiger charge is -2.18. The zero-order valence-corrected chi connectivity index (χ0v) is 52.9. The molecule has 0 aromatic heterocycles. The first-order valence-corrected chi connectivity index (χ1v) is 32.9. The number of unbranched alkanes of at least 4 members (excludes halogenated alkanes) is 14. The summed E-state index contributed by atoms with van der Waals surface area (Å²) in [6.07, 6.45) is 105. The first-order valence-electron chi connectivity index (χ1n) is 32.9. The molecule has 0 aliphatic rings. The van der Waals surface area contributed by atoms with E-state index >= 15 is 0 Å². The number of hydrogen-bond acceptors (Lipinski definition) is 6. The fourth-order valence-corrected chi connectivity index (χ4v) is 8.25. The van der Waals surface area contributed by atoms with Crippen LogP contribution in [0.3, 0.4) is 0 Å². The topological polar surface area (TPSA) is 78.9 Å². The van der Waals surface area contributed by atoms with Crippen LogP contribution in [0.25, 0.3) is 0 Å². The van der Waals surface area contributed by atoms with E-state index in [-0.39, 0.29) is 37.5 Å². The van der Waals surface area contributed by atoms with E-state index < -0.39 is 6.10 Å². The van der Waals surface area contributed by atoms with Gasteiger partial charge in [-0.3, -0.25) is 14.4 Å². The second-order valence-corrected chi connectivity index (χ2v) is 20.9. The molecule has 0 aliphatic heterocycles. The number of allylic oxidation sites excluding steroid dienone is 32. The van der Waals surface area contributed by atoms with Crippen molar-refractivity contribution in [2.24, 2.45) is 0 Å². The van der Waals surface area contributed by atoms with Gasteiger partial charge in [-0.2, -0.15) is 0 Å². The van der Waals surface area contributed by atoms with Gasteiger partial charge >= 0.3 is 17.9 Å². The summed E-state index contributed by atoms with van der Waals surface area (Å²) in [6.45, 7) is 6.31. The van der Waals surface area contributed by atoms with E-state index in [0.717, 1.165) is 167 Å². The van der Waals surface area contributed by atoms with Gasteiger partial charge < -0.3 is 14.2 Å². The maximum atomic E-state index is 12.9. The number of rotatable bonds is 57. The van der Waals surface area contributed by atoms with Crippen LogP contribution in [0.1, 0.15) is 252 Å². The molecule has 462 valence electrons. The van der Waals surface area contributed by atoms with Gasteiger partial charge in [0.25, 0.3) is 0 Å². The highest BCUT2D eigenvalue weighted by molar-refractivity contribution is 5.71. The summed E-state index contributed by atoms with van der Waals surface area (Å²) in [6, 6.07) is 0. The minimum atomic E-state index is -0.827. The van der Waals surface area contributed by atoms with Crippen LogP contribution < -0.4 is 0 Å². The Hall–Kier alpha value is -5.75. The Balaban J connectivity index is 4.38. The van der Waals surface area contributed by atoms with Gasteiger partial charge in [-0.1, -0.05) is 286 Å². The summed E-state index contributed by atoms with van der Waals surface area (Å²) in [7, 11) is 0. The molecular formula is C77H118O6. The van der Waals surface area contributed by atoms with E-state index in [1.54, 1.807) is 0 Å². The standard InChI is InChI=1S/C77H118O6/c1-4-7-10-13-16-19-21-23-25-27-29-31-33-34-35-36-37-38-39-40-41-42-44-45-47-49-51-53-55-58-61-64-67-70-76(79)82-73-74(72-81-75(78)69-66-63-60-57-18-15-12-9-6-3)83-77(80)71-68-65-62-59-56-54-52-50-48-46-43-32-30-28-26-24-22-20-17-14-11-8-5-2/h7-8,10-11,16-17,19-20,23-26,29-32,34-35,37-38,40-41,44-46,48-49,51-52,54,59,62,74H,4-6,9,12-15,18,21-22,27-28,33,36,39,42-43,47,50,53,55-58,60-61,63-73H2,1-3H3/b10-7-,11-8-,19-16-,20-17-,25-23-,26-24-,31-29-,32-30-,35-34-,38-37-,41-40-,45-44-,48-46-,51-49-,54-52-,62-59-. The van der Waals surface area contributed by atoms with Crippen molar-refractivity contribution in [2.45, 2.75) is 258 Å². The Bertz CT molecular complexity index is 1990. The van der Waals surface area contributed by atoms with Crippen molar-refractivity contribution in [3.63, 3.8) is 0 Å². The van der Waals surface area contributed by atoms with Crippen LogP contribution in [0.4, 0.5) is 0 Å². The number of hydrogen-bond donors (Lipinski definition) is 0. The molecular weight excluding hydrogens is 1020 g/mol. The van der Waals surface area contributed by atoms with Crippen LogP contribution in [0.15, 0.2) is 194 Å². The summed E-state index contributed by atoms with van der Waals surface area (Å²) < 4.78 is 16.8. The van der Waals surface area contributed by atoms with Gasteiger partial charge in [-0.05, 0) is 141 Å². The van der Waals surface area contributed by atoms with E-state index in [0.29, 0.717) is 19.3 Å². The number of carbonyl (C=O) groups is 3. The van der Waals surface area contributed by atoms with E-state index in [9.17, 15) is 14.4 Å². The molecule has 0 rings (SSSR count). The van der Waals surface area contributed by atoms with Gasteiger partial charge in [0.2, 0.25) is 0 Å². The highest BCUT2D eigenvalue weighted by Crippen LogP contribution is 2.13. The maximum Gasteiger partial charge on any atom is 0.306 e. The van der Waals surface area contributed by atoms with Crippen LogP contribution in [0, 0.1) is 0 Å². The largest absolute Gasteiger partial charge is 0.462 e. The van der Waals surface area contributed by atoms with E-state index in [1.165, 1.54) is 38.5 Å². The molecule has 0 saturated heterocycles. The van der Waals surface area contributed by atoms with Crippen molar-refractivity contribution in [3.8, 4) is 0 Å². The Labute approximate surface area is 509 Å². The number of esters is 3. The van der Waals surface area contributed by atoms with Gasteiger partial charge in [0.15, 0.2) is 6.10 Å². The minimum absolute atomic E-state index is 0.116. The molecule has 1 unspecified atom stereocenters. The lowest BCUT2D eigenvalue weighted by Crippen LogP contribution is -2.30. The molecule has 0 N–H and O–H groups in total. The second kappa shape index (κ2) is 68.7. The van der Waals surface area contributed by atoms with Crippen molar-refractivity contribution in [3.05, 3.63) is 194 Å². The molecule has 0 fully saturated rings.